The summed E-state index contributed by atoms with van der Waals surface area (Å²) in [5.41, 5.74) is 0.986. The van der Waals surface area contributed by atoms with Crippen LogP contribution in [-0.2, 0) is 6.54 Å². The maximum Gasteiger partial charge on any atom is 0.0984 e. The van der Waals surface area contributed by atoms with E-state index in [4.69, 9.17) is 0 Å². The van der Waals surface area contributed by atoms with E-state index < -0.39 is 0 Å². The molecule has 3 nitrogen and oxygen atoms in total. The molecule has 0 aromatic carbocycles. The van der Waals surface area contributed by atoms with Crippen LogP contribution in [0.1, 0.15) is 44.4 Å². The SMILES string of the molecule is CCn1nccc1C(O)C1CCCC1. The van der Waals surface area contributed by atoms with E-state index in [1.165, 1.54) is 12.8 Å². The summed E-state index contributed by atoms with van der Waals surface area (Å²) in [6.45, 7) is 2.89. The zero-order valence-electron chi connectivity index (χ0n) is 8.69. The van der Waals surface area contributed by atoms with Crippen molar-refractivity contribution in [3.05, 3.63) is 18.0 Å². The molecular weight excluding hydrogens is 176 g/mol. The van der Waals surface area contributed by atoms with Crippen molar-refractivity contribution in [2.24, 2.45) is 5.92 Å². The van der Waals surface area contributed by atoms with E-state index in [9.17, 15) is 5.11 Å². The highest BCUT2D eigenvalue weighted by molar-refractivity contribution is 5.06. The topological polar surface area (TPSA) is 38.0 Å². The Morgan fingerprint density at radius 3 is 2.93 bits per heavy atom. The lowest BCUT2D eigenvalue weighted by Gasteiger charge is -2.18. The fraction of sp³-hybridized carbons (Fsp3) is 0.727. The Morgan fingerprint density at radius 1 is 1.57 bits per heavy atom. The molecule has 1 aromatic heterocycles. The van der Waals surface area contributed by atoms with E-state index in [1.54, 1.807) is 6.20 Å². The van der Waals surface area contributed by atoms with Gasteiger partial charge >= 0.3 is 0 Å². The average molecular weight is 194 g/mol. The van der Waals surface area contributed by atoms with Gasteiger partial charge in [-0.25, -0.2) is 0 Å². The molecule has 78 valence electrons. The van der Waals surface area contributed by atoms with Gasteiger partial charge < -0.3 is 5.11 Å². The average Bonchev–Trinajstić information content (AvgIpc) is 2.87. The Hall–Kier alpha value is -0.830. The first kappa shape index (κ1) is 9.71. The number of nitrogens with zero attached hydrogens (tertiary/aromatic N) is 2. The maximum absolute atomic E-state index is 10.2. The molecule has 1 aliphatic carbocycles. The van der Waals surface area contributed by atoms with Crippen LogP contribution in [0.2, 0.25) is 0 Å². The molecule has 0 aliphatic heterocycles. The summed E-state index contributed by atoms with van der Waals surface area (Å²) in [5, 5.41) is 14.3. The van der Waals surface area contributed by atoms with Gasteiger partial charge in [-0.05, 0) is 31.7 Å². The summed E-state index contributed by atoms with van der Waals surface area (Å²) in [6.07, 6.45) is 6.33. The van der Waals surface area contributed by atoms with Crippen molar-refractivity contribution in [2.45, 2.75) is 45.3 Å². The smallest absolute Gasteiger partial charge is 0.0984 e. The highest BCUT2D eigenvalue weighted by atomic mass is 16.3. The first-order valence-corrected chi connectivity index (χ1v) is 5.52. The minimum atomic E-state index is -0.306. The standard InChI is InChI=1S/C11H18N2O/c1-2-13-10(7-8-12-13)11(14)9-5-3-4-6-9/h7-9,11,14H,2-6H2,1H3. The van der Waals surface area contributed by atoms with E-state index in [-0.39, 0.29) is 6.10 Å². The van der Waals surface area contributed by atoms with E-state index in [2.05, 4.69) is 12.0 Å². The summed E-state index contributed by atoms with van der Waals surface area (Å²) < 4.78 is 1.89. The molecule has 2 rings (SSSR count). The van der Waals surface area contributed by atoms with Crippen LogP contribution in [0.15, 0.2) is 12.3 Å². The molecule has 1 aliphatic rings. The number of aromatic nitrogens is 2. The molecule has 0 radical (unpaired) electrons. The number of aliphatic hydroxyl groups excluding tert-OH is 1. The lowest BCUT2D eigenvalue weighted by molar-refractivity contribution is 0.102. The molecule has 0 spiro atoms. The van der Waals surface area contributed by atoms with Gasteiger partial charge in [0.15, 0.2) is 0 Å². The number of hydrogen-bond donors (Lipinski definition) is 1. The van der Waals surface area contributed by atoms with Crippen molar-refractivity contribution in [2.75, 3.05) is 0 Å². The lowest BCUT2D eigenvalue weighted by atomic mass is 9.98. The monoisotopic (exact) mass is 194 g/mol. The third-order valence-corrected chi connectivity index (χ3v) is 3.20. The predicted molar refractivity (Wildman–Crippen MR) is 54.8 cm³/mol. The first-order valence-electron chi connectivity index (χ1n) is 5.52. The van der Waals surface area contributed by atoms with E-state index >= 15 is 0 Å². The Balaban J connectivity index is 2.12. The van der Waals surface area contributed by atoms with Crippen molar-refractivity contribution in [3.63, 3.8) is 0 Å². The Bertz CT molecular complexity index is 289. The van der Waals surface area contributed by atoms with Crippen LogP contribution in [0.3, 0.4) is 0 Å². The molecule has 0 bridgehead atoms. The molecule has 1 N–H and O–H groups in total. The van der Waals surface area contributed by atoms with Crippen molar-refractivity contribution in [3.8, 4) is 0 Å². The zero-order chi connectivity index (χ0) is 9.97. The van der Waals surface area contributed by atoms with Gasteiger partial charge in [0.25, 0.3) is 0 Å². The Kier molecular flexibility index (Phi) is 2.87. The van der Waals surface area contributed by atoms with Crippen molar-refractivity contribution < 1.29 is 5.11 Å². The lowest BCUT2D eigenvalue weighted by Crippen LogP contribution is -2.14. The van der Waals surface area contributed by atoms with Crippen LogP contribution >= 0.6 is 0 Å². The Labute approximate surface area is 84.7 Å². The second kappa shape index (κ2) is 4.13. The molecule has 1 atom stereocenters. The van der Waals surface area contributed by atoms with E-state index in [0.29, 0.717) is 5.92 Å². The van der Waals surface area contributed by atoms with Crippen molar-refractivity contribution >= 4 is 0 Å². The van der Waals surface area contributed by atoms with E-state index in [1.807, 2.05) is 10.7 Å². The zero-order valence-corrected chi connectivity index (χ0v) is 8.69. The third kappa shape index (κ3) is 1.69. The molecular formula is C11H18N2O. The molecule has 0 amide bonds. The van der Waals surface area contributed by atoms with E-state index in [0.717, 1.165) is 25.1 Å². The van der Waals surface area contributed by atoms with Crippen molar-refractivity contribution in [1.29, 1.82) is 0 Å². The van der Waals surface area contributed by atoms with Crippen LogP contribution in [0.5, 0.6) is 0 Å². The fourth-order valence-electron chi connectivity index (χ4n) is 2.37. The van der Waals surface area contributed by atoms with Crippen LogP contribution in [0.25, 0.3) is 0 Å². The molecule has 1 fully saturated rings. The highest BCUT2D eigenvalue weighted by Gasteiger charge is 2.26. The van der Waals surface area contributed by atoms with Gasteiger partial charge in [-0.3, -0.25) is 4.68 Å². The van der Waals surface area contributed by atoms with Gasteiger partial charge in [-0.15, -0.1) is 0 Å². The van der Waals surface area contributed by atoms with Gasteiger partial charge in [0.05, 0.1) is 11.8 Å². The van der Waals surface area contributed by atoms with Crippen LogP contribution in [0.4, 0.5) is 0 Å². The molecule has 3 heteroatoms. The highest BCUT2D eigenvalue weighted by Crippen LogP contribution is 2.35. The second-order valence-electron chi connectivity index (χ2n) is 4.06. The molecule has 1 unspecified atom stereocenters. The number of aryl methyl sites for hydroxylation is 1. The number of rotatable bonds is 3. The number of aliphatic hydroxyl groups is 1. The van der Waals surface area contributed by atoms with Gasteiger partial charge in [-0.2, -0.15) is 5.10 Å². The maximum atomic E-state index is 10.2. The van der Waals surface area contributed by atoms with Crippen LogP contribution < -0.4 is 0 Å². The first-order chi connectivity index (χ1) is 6.83. The van der Waals surface area contributed by atoms with Gasteiger partial charge in [0.1, 0.15) is 0 Å². The normalized spacial score (nSPS) is 20.1. The number of hydrogen-bond acceptors (Lipinski definition) is 2. The van der Waals surface area contributed by atoms with Crippen molar-refractivity contribution in [1.82, 2.24) is 9.78 Å². The third-order valence-electron chi connectivity index (χ3n) is 3.20. The van der Waals surface area contributed by atoms with Gasteiger partial charge in [-0.1, -0.05) is 12.8 Å². The second-order valence-corrected chi connectivity index (χ2v) is 4.06. The summed E-state index contributed by atoms with van der Waals surface area (Å²) in [4.78, 5) is 0. The summed E-state index contributed by atoms with van der Waals surface area (Å²) in [5.74, 6) is 0.456. The Morgan fingerprint density at radius 2 is 2.29 bits per heavy atom. The fourth-order valence-corrected chi connectivity index (χ4v) is 2.37. The largest absolute Gasteiger partial charge is 0.387 e. The summed E-state index contributed by atoms with van der Waals surface area (Å²) in [7, 11) is 0. The summed E-state index contributed by atoms with van der Waals surface area (Å²) in [6, 6.07) is 1.94. The quantitative estimate of drug-likeness (QED) is 0.800. The minimum absolute atomic E-state index is 0.306. The van der Waals surface area contributed by atoms with Crippen LogP contribution in [-0.4, -0.2) is 14.9 Å². The molecule has 14 heavy (non-hydrogen) atoms. The van der Waals surface area contributed by atoms with Crippen LogP contribution in [0, 0.1) is 5.92 Å². The van der Waals surface area contributed by atoms with Gasteiger partial charge in [0, 0.05) is 12.7 Å². The molecule has 1 saturated carbocycles. The van der Waals surface area contributed by atoms with Gasteiger partial charge in [0.2, 0.25) is 0 Å². The summed E-state index contributed by atoms with van der Waals surface area (Å²) >= 11 is 0. The molecule has 0 saturated heterocycles. The molecule has 1 aromatic rings. The molecule has 1 heterocycles. The predicted octanol–water partition coefficient (Wildman–Crippen LogP) is 2.13. The minimum Gasteiger partial charge on any atom is -0.387 e.